The second kappa shape index (κ2) is 13.7. The standard InChI is InChI=1S/C33H44N8O3/c1-24-21-25(8-9-26(24)22-35-31(43)30-36-32(44-37-30)33(2,3)4)27-10-11-34-23-28(27)40-17-19-41(20-18-40)29(42)7-6-12-39-15-13-38(5)14-16-39/h6-11,21,23H,12-20,22H2,1-5H3,(H,35,43)/b7-6+. The van der Waals surface area contributed by atoms with E-state index in [1.54, 1.807) is 6.08 Å². The number of aryl methyl sites for hydroxylation is 1. The summed E-state index contributed by atoms with van der Waals surface area (Å²) in [4.78, 5) is 43.1. The summed E-state index contributed by atoms with van der Waals surface area (Å²) in [5.41, 5.74) is 4.96. The Labute approximate surface area is 259 Å². The third-order valence-electron chi connectivity index (χ3n) is 8.32. The zero-order valence-electron chi connectivity index (χ0n) is 26.5. The molecule has 0 saturated carbocycles. The highest BCUT2D eigenvalue weighted by Gasteiger charge is 2.25. The summed E-state index contributed by atoms with van der Waals surface area (Å²) in [6.07, 6.45) is 7.46. The molecule has 1 aromatic carbocycles. The lowest BCUT2D eigenvalue weighted by molar-refractivity contribution is -0.126. The quantitative estimate of drug-likeness (QED) is 0.390. The first-order valence-electron chi connectivity index (χ1n) is 15.4. The number of hydrogen-bond donors (Lipinski definition) is 1. The number of benzene rings is 1. The molecule has 0 radical (unpaired) electrons. The van der Waals surface area contributed by atoms with Gasteiger partial charge in [-0.1, -0.05) is 50.2 Å². The molecule has 11 heteroatoms. The van der Waals surface area contributed by atoms with E-state index in [0.717, 1.165) is 73.8 Å². The van der Waals surface area contributed by atoms with Crippen molar-refractivity contribution in [1.29, 1.82) is 0 Å². The molecule has 2 saturated heterocycles. The predicted molar refractivity (Wildman–Crippen MR) is 170 cm³/mol. The lowest BCUT2D eigenvalue weighted by Crippen LogP contribution is -2.48. The van der Waals surface area contributed by atoms with Crippen LogP contribution in [0.25, 0.3) is 11.1 Å². The van der Waals surface area contributed by atoms with Gasteiger partial charge in [-0.2, -0.15) is 4.98 Å². The van der Waals surface area contributed by atoms with Crippen LogP contribution in [0.15, 0.2) is 53.3 Å². The van der Waals surface area contributed by atoms with Crippen molar-refractivity contribution in [1.82, 2.24) is 35.1 Å². The Hall–Kier alpha value is -4.09. The molecule has 2 aromatic heterocycles. The van der Waals surface area contributed by atoms with E-state index in [2.05, 4.69) is 54.3 Å². The van der Waals surface area contributed by atoms with Gasteiger partial charge in [0.2, 0.25) is 11.8 Å². The first-order chi connectivity index (χ1) is 21.1. The van der Waals surface area contributed by atoms with Gasteiger partial charge in [-0.05, 0) is 36.7 Å². The zero-order chi connectivity index (χ0) is 31.3. The van der Waals surface area contributed by atoms with Crippen LogP contribution < -0.4 is 10.2 Å². The molecule has 4 heterocycles. The van der Waals surface area contributed by atoms with Crippen molar-refractivity contribution < 1.29 is 14.1 Å². The van der Waals surface area contributed by atoms with Crippen LogP contribution in [0.3, 0.4) is 0 Å². The maximum atomic E-state index is 12.9. The molecule has 2 fully saturated rings. The summed E-state index contributed by atoms with van der Waals surface area (Å²) < 4.78 is 5.25. The van der Waals surface area contributed by atoms with Gasteiger partial charge >= 0.3 is 0 Å². The van der Waals surface area contributed by atoms with Crippen molar-refractivity contribution in [2.24, 2.45) is 0 Å². The fraction of sp³-hybridized carbons (Fsp3) is 0.485. The normalized spacial score (nSPS) is 16.9. The van der Waals surface area contributed by atoms with Gasteiger partial charge in [0.25, 0.3) is 11.7 Å². The Balaban J connectivity index is 1.17. The molecule has 5 rings (SSSR count). The number of aromatic nitrogens is 3. The van der Waals surface area contributed by atoms with Gasteiger partial charge in [-0.15, -0.1) is 0 Å². The average Bonchev–Trinajstić information content (AvgIpc) is 3.53. The van der Waals surface area contributed by atoms with Crippen molar-refractivity contribution in [2.75, 3.05) is 70.9 Å². The molecular formula is C33H44N8O3. The summed E-state index contributed by atoms with van der Waals surface area (Å²) in [5, 5.41) is 6.74. The van der Waals surface area contributed by atoms with Crippen molar-refractivity contribution >= 4 is 17.5 Å². The van der Waals surface area contributed by atoms with E-state index in [-0.39, 0.29) is 23.1 Å². The van der Waals surface area contributed by atoms with Crippen LogP contribution in [0.5, 0.6) is 0 Å². The summed E-state index contributed by atoms with van der Waals surface area (Å²) in [6, 6.07) is 8.28. The van der Waals surface area contributed by atoms with Gasteiger partial charge in [-0.25, -0.2) is 0 Å². The second-order valence-corrected chi connectivity index (χ2v) is 12.7. The fourth-order valence-electron chi connectivity index (χ4n) is 5.43. The topological polar surface area (TPSA) is 111 Å². The number of carbonyl (C=O) groups excluding carboxylic acids is 2. The number of anilines is 1. The fourth-order valence-corrected chi connectivity index (χ4v) is 5.43. The molecule has 0 unspecified atom stereocenters. The molecule has 0 bridgehead atoms. The molecular weight excluding hydrogens is 556 g/mol. The molecule has 11 nitrogen and oxygen atoms in total. The maximum Gasteiger partial charge on any atom is 0.292 e. The molecule has 2 aliphatic rings. The number of likely N-dealkylation sites (N-methyl/N-ethyl adjacent to an activating group) is 1. The smallest absolute Gasteiger partial charge is 0.292 e. The van der Waals surface area contributed by atoms with Crippen LogP contribution >= 0.6 is 0 Å². The summed E-state index contributed by atoms with van der Waals surface area (Å²) in [5.74, 6) is 0.178. The Kier molecular flexibility index (Phi) is 9.75. The van der Waals surface area contributed by atoms with Crippen LogP contribution in [-0.4, -0.2) is 108 Å². The Morgan fingerprint density at radius 3 is 2.45 bits per heavy atom. The molecule has 0 spiro atoms. The minimum absolute atomic E-state index is 0.0362. The van der Waals surface area contributed by atoms with Crippen LogP contribution in [0.1, 0.15) is 48.4 Å². The van der Waals surface area contributed by atoms with Gasteiger partial charge in [0.1, 0.15) is 0 Å². The molecule has 1 N–H and O–H groups in total. The maximum absolute atomic E-state index is 12.9. The highest BCUT2D eigenvalue weighted by Crippen LogP contribution is 2.32. The average molecular weight is 601 g/mol. The number of carbonyl (C=O) groups is 2. The molecule has 234 valence electrons. The van der Waals surface area contributed by atoms with Crippen LogP contribution in [0, 0.1) is 6.92 Å². The van der Waals surface area contributed by atoms with Gasteiger partial charge in [0.05, 0.1) is 11.9 Å². The number of rotatable bonds is 8. The number of nitrogens with zero attached hydrogens (tertiary/aromatic N) is 7. The Morgan fingerprint density at radius 1 is 1.02 bits per heavy atom. The van der Waals surface area contributed by atoms with E-state index < -0.39 is 0 Å². The van der Waals surface area contributed by atoms with E-state index in [9.17, 15) is 9.59 Å². The zero-order valence-corrected chi connectivity index (χ0v) is 26.5. The SMILES string of the molecule is Cc1cc(-c2ccncc2N2CCN(C(=O)/C=C/CN3CCN(C)CC3)CC2)ccc1CNC(=O)c1noc(C(C)(C)C)n1. The van der Waals surface area contributed by atoms with Crippen LogP contribution in [0.2, 0.25) is 0 Å². The van der Waals surface area contributed by atoms with Gasteiger partial charge in [0.15, 0.2) is 0 Å². The van der Waals surface area contributed by atoms with Gasteiger partial charge in [0, 0.05) is 88.7 Å². The lowest BCUT2D eigenvalue weighted by Gasteiger charge is -2.36. The monoisotopic (exact) mass is 600 g/mol. The largest absolute Gasteiger partial charge is 0.366 e. The van der Waals surface area contributed by atoms with E-state index in [1.165, 1.54) is 0 Å². The Morgan fingerprint density at radius 2 is 1.77 bits per heavy atom. The number of amides is 2. The number of nitrogens with one attached hydrogen (secondary N) is 1. The predicted octanol–water partition coefficient (Wildman–Crippen LogP) is 3.12. The van der Waals surface area contributed by atoms with E-state index >= 15 is 0 Å². The lowest BCUT2D eigenvalue weighted by atomic mass is 9.97. The van der Waals surface area contributed by atoms with E-state index in [4.69, 9.17) is 4.52 Å². The van der Waals surface area contributed by atoms with Crippen molar-refractivity contribution in [2.45, 2.75) is 39.7 Å². The highest BCUT2D eigenvalue weighted by molar-refractivity contribution is 5.90. The number of hydrogen-bond acceptors (Lipinski definition) is 9. The summed E-state index contributed by atoms with van der Waals surface area (Å²) >= 11 is 0. The molecule has 0 aliphatic carbocycles. The molecule has 0 atom stereocenters. The van der Waals surface area contributed by atoms with Crippen molar-refractivity contribution in [3.63, 3.8) is 0 Å². The van der Waals surface area contributed by atoms with Gasteiger partial charge in [-0.3, -0.25) is 19.5 Å². The minimum Gasteiger partial charge on any atom is -0.366 e. The van der Waals surface area contributed by atoms with E-state index in [0.29, 0.717) is 25.5 Å². The molecule has 2 aliphatic heterocycles. The third-order valence-corrected chi connectivity index (χ3v) is 8.32. The van der Waals surface area contributed by atoms with Crippen molar-refractivity contribution in [3.05, 3.63) is 71.7 Å². The van der Waals surface area contributed by atoms with Crippen LogP contribution in [0.4, 0.5) is 5.69 Å². The van der Waals surface area contributed by atoms with Crippen LogP contribution in [-0.2, 0) is 16.8 Å². The summed E-state index contributed by atoms with van der Waals surface area (Å²) in [6.45, 7) is 16.1. The number of pyridine rings is 1. The van der Waals surface area contributed by atoms with Gasteiger partial charge < -0.3 is 24.5 Å². The molecule has 3 aromatic rings. The second-order valence-electron chi connectivity index (χ2n) is 12.7. The number of piperazine rings is 2. The Bertz CT molecular complexity index is 1480. The first-order valence-corrected chi connectivity index (χ1v) is 15.4. The molecule has 2 amide bonds. The van der Waals surface area contributed by atoms with Crippen molar-refractivity contribution in [3.8, 4) is 11.1 Å². The first kappa shape index (κ1) is 31.3. The minimum atomic E-state index is -0.368. The highest BCUT2D eigenvalue weighted by atomic mass is 16.5. The molecule has 44 heavy (non-hydrogen) atoms. The summed E-state index contributed by atoms with van der Waals surface area (Å²) in [7, 11) is 2.15. The third kappa shape index (κ3) is 7.70. The van der Waals surface area contributed by atoms with E-state index in [1.807, 2.05) is 63.2 Å².